The minimum absolute atomic E-state index is 0.304. The normalized spacial score (nSPS) is 11.7. The number of hydroxylamine groups is 1. The van der Waals surface area contributed by atoms with Gasteiger partial charge in [-0.3, -0.25) is 0 Å². The fraction of sp³-hybridized carbons (Fsp3) is 0.242. The molecule has 0 N–H and O–H groups in total. The second-order valence-corrected chi connectivity index (χ2v) is 9.02. The highest BCUT2D eigenvalue weighted by Gasteiger charge is 2.29. The third-order valence-electron chi connectivity index (χ3n) is 5.80. The van der Waals surface area contributed by atoms with Gasteiger partial charge in [0.05, 0.1) is 26.4 Å². The Balaban J connectivity index is 1.61. The summed E-state index contributed by atoms with van der Waals surface area (Å²) >= 11 is 0. The molecule has 0 fully saturated rings. The molecule has 3 rings (SSSR count). The Morgan fingerprint density at radius 1 is 0.784 bits per heavy atom. The van der Waals surface area contributed by atoms with Gasteiger partial charge in [-0.25, -0.2) is 4.74 Å². The van der Waals surface area contributed by atoms with Crippen LogP contribution in [0.2, 0.25) is 0 Å². The molecule has 0 saturated carbocycles. The Morgan fingerprint density at radius 3 is 1.81 bits per heavy atom. The van der Waals surface area contributed by atoms with Gasteiger partial charge in [-0.15, -0.1) is 6.58 Å². The molecule has 0 atom stereocenters. The number of nitrogens with zero attached hydrogens (tertiary/aromatic N) is 1. The minimum Gasteiger partial charge on any atom is -0.624 e. The summed E-state index contributed by atoms with van der Waals surface area (Å²) in [5, 5.41) is 12.1. The number of allylic oxidation sites excluding steroid dienone is 3. The van der Waals surface area contributed by atoms with E-state index in [-0.39, 0.29) is 5.41 Å². The Morgan fingerprint density at radius 2 is 1.30 bits per heavy atom. The molecule has 0 radical (unpaired) electrons. The number of benzene rings is 3. The topological polar surface area (TPSA) is 44.5 Å². The van der Waals surface area contributed by atoms with E-state index in [1.165, 1.54) is 6.21 Å². The van der Waals surface area contributed by atoms with Crippen LogP contribution in [0.4, 0.5) is 0 Å². The summed E-state index contributed by atoms with van der Waals surface area (Å²) in [5.41, 5.74) is 2.90. The molecule has 0 amide bonds. The van der Waals surface area contributed by atoms with Crippen LogP contribution < -0.4 is 0 Å². The van der Waals surface area contributed by atoms with Crippen LogP contribution in [0.1, 0.15) is 29.5 Å². The van der Waals surface area contributed by atoms with E-state index in [0.717, 1.165) is 21.4 Å². The fourth-order valence-electron chi connectivity index (χ4n) is 3.86. The van der Waals surface area contributed by atoms with Crippen molar-refractivity contribution in [3.63, 3.8) is 0 Å². The van der Waals surface area contributed by atoms with Gasteiger partial charge >= 0.3 is 0 Å². The number of ether oxygens (including phenoxy) is 2. The average molecular weight is 494 g/mol. The molecule has 0 aromatic heterocycles. The maximum absolute atomic E-state index is 12.1. The fourth-order valence-corrected chi connectivity index (χ4v) is 3.86. The number of rotatable bonds is 14. The zero-order valence-corrected chi connectivity index (χ0v) is 21.3. The lowest BCUT2D eigenvalue weighted by molar-refractivity contribution is -0.469. The summed E-state index contributed by atoms with van der Waals surface area (Å²) in [6, 6.07) is 29.9. The van der Waals surface area contributed by atoms with Crippen LogP contribution in [-0.4, -0.2) is 24.2 Å². The van der Waals surface area contributed by atoms with Gasteiger partial charge in [0.2, 0.25) is 0 Å². The van der Waals surface area contributed by atoms with Gasteiger partial charge in [0.15, 0.2) is 12.8 Å². The second kappa shape index (κ2) is 16.0. The predicted octanol–water partition coefficient (Wildman–Crippen LogP) is 6.71. The second-order valence-electron chi connectivity index (χ2n) is 9.02. The van der Waals surface area contributed by atoms with Crippen molar-refractivity contribution in [2.24, 2.45) is 5.41 Å². The molecule has 0 aliphatic carbocycles. The molecule has 0 aliphatic rings. The van der Waals surface area contributed by atoms with E-state index in [1.54, 1.807) is 12.2 Å². The van der Waals surface area contributed by atoms with E-state index in [0.29, 0.717) is 45.8 Å². The van der Waals surface area contributed by atoms with Crippen LogP contribution >= 0.6 is 0 Å². The number of hydrogen-bond donors (Lipinski definition) is 0. The summed E-state index contributed by atoms with van der Waals surface area (Å²) in [5.74, 6) is 6.31. The first-order valence-corrected chi connectivity index (χ1v) is 12.5. The summed E-state index contributed by atoms with van der Waals surface area (Å²) in [4.78, 5) is 0. The Labute approximate surface area is 221 Å². The summed E-state index contributed by atoms with van der Waals surface area (Å²) < 4.78 is 13.2. The molecule has 0 unspecified atom stereocenters. The first-order chi connectivity index (χ1) is 18.2. The molecular formula is C33H35NO3. The molecule has 4 nitrogen and oxygen atoms in total. The third-order valence-corrected chi connectivity index (χ3v) is 5.80. The lowest BCUT2D eigenvalue weighted by Gasteiger charge is -2.31. The molecule has 3 aromatic carbocycles. The van der Waals surface area contributed by atoms with Crippen LogP contribution in [0.3, 0.4) is 0 Å². The highest BCUT2D eigenvalue weighted by molar-refractivity contribution is 5.67. The van der Waals surface area contributed by atoms with Crippen molar-refractivity contribution in [1.29, 1.82) is 0 Å². The molecule has 190 valence electrons. The Hall–Kier alpha value is -3.91. The van der Waals surface area contributed by atoms with Crippen molar-refractivity contribution in [2.75, 3.05) is 13.2 Å². The van der Waals surface area contributed by atoms with Gasteiger partial charge in [-0.2, -0.15) is 0 Å². The Kier molecular flexibility index (Phi) is 11.9. The first kappa shape index (κ1) is 27.7. The molecular weight excluding hydrogens is 458 g/mol. The van der Waals surface area contributed by atoms with Crippen molar-refractivity contribution < 1.29 is 14.2 Å². The van der Waals surface area contributed by atoms with Crippen molar-refractivity contribution in [1.82, 2.24) is 0 Å². The van der Waals surface area contributed by atoms with Gasteiger partial charge < -0.3 is 14.7 Å². The van der Waals surface area contributed by atoms with Crippen LogP contribution in [-0.2, 0) is 29.2 Å². The third kappa shape index (κ3) is 10.7. The Bertz CT molecular complexity index is 1130. The van der Waals surface area contributed by atoms with Crippen LogP contribution in [0.5, 0.6) is 0 Å². The lowest BCUT2D eigenvalue weighted by Crippen LogP contribution is -2.32. The minimum atomic E-state index is -0.326. The largest absolute Gasteiger partial charge is 0.624 e. The first-order valence-electron chi connectivity index (χ1n) is 12.5. The van der Waals surface area contributed by atoms with E-state index in [4.69, 9.17) is 9.47 Å². The SMILES string of the molecule is C=CCC(CC#C/C=C/C=[N+](\[O-])Cc1ccccc1)(COCc1ccccc1)COCc1ccccc1. The van der Waals surface area contributed by atoms with Crippen LogP contribution in [0.15, 0.2) is 116 Å². The standard InChI is InChI=1S/C33H35NO3/c1-2-22-33(28-36-26-31-18-10-6-11-19-31,29-37-27-32-20-12-7-13-21-32)23-14-3-4-15-24-34(35)25-30-16-8-5-9-17-30/h2,4-13,15-21,24H,1,22-23,25-29H2/b15-4+,34-24-. The predicted molar refractivity (Wildman–Crippen MR) is 151 cm³/mol. The van der Waals surface area contributed by atoms with Crippen LogP contribution in [0, 0.1) is 22.5 Å². The molecule has 3 aromatic rings. The van der Waals surface area contributed by atoms with Crippen molar-refractivity contribution in [2.45, 2.75) is 32.6 Å². The van der Waals surface area contributed by atoms with Gasteiger partial charge in [-0.1, -0.05) is 109 Å². The van der Waals surface area contributed by atoms with Gasteiger partial charge in [0, 0.05) is 23.5 Å². The zero-order chi connectivity index (χ0) is 26.0. The van der Waals surface area contributed by atoms with Gasteiger partial charge in [0.1, 0.15) is 0 Å². The summed E-state index contributed by atoms with van der Waals surface area (Å²) in [7, 11) is 0. The summed E-state index contributed by atoms with van der Waals surface area (Å²) in [6.07, 6.45) is 8.07. The van der Waals surface area contributed by atoms with E-state index in [1.807, 2.05) is 72.8 Å². The van der Waals surface area contributed by atoms with Gasteiger partial charge in [-0.05, 0) is 23.6 Å². The number of hydrogen-bond acceptors (Lipinski definition) is 3. The highest BCUT2D eigenvalue weighted by atomic mass is 16.5. The molecule has 4 heteroatoms. The lowest BCUT2D eigenvalue weighted by atomic mass is 9.83. The molecule has 37 heavy (non-hydrogen) atoms. The quantitative estimate of drug-likeness (QED) is 0.0626. The highest BCUT2D eigenvalue weighted by Crippen LogP contribution is 2.29. The monoisotopic (exact) mass is 493 g/mol. The van der Waals surface area contributed by atoms with E-state index < -0.39 is 0 Å². The van der Waals surface area contributed by atoms with E-state index >= 15 is 0 Å². The van der Waals surface area contributed by atoms with Crippen molar-refractivity contribution in [3.8, 4) is 11.8 Å². The summed E-state index contributed by atoms with van der Waals surface area (Å²) in [6.45, 7) is 6.33. The van der Waals surface area contributed by atoms with Gasteiger partial charge in [0.25, 0.3) is 0 Å². The van der Waals surface area contributed by atoms with E-state index in [9.17, 15) is 5.21 Å². The van der Waals surface area contributed by atoms with E-state index in [2.05, 4.69) is 42.7 Å². The molecule has 0 spiro atoms. The maximum atomic E-state index is 12.1. The van der Waals surface area contributed by atoms with Crippen molar-refractivity contribution in [3.05, 3.63) is 138 Å². The molecule has 0 aliphatic heterocycles. The molecule has 0 heterocycles. The zero-order valence-electron chi connectivity index (χ0n) is 21.3. The maximum Gasteiger partial charge on any atom is 0.178 e. The average Bonchev–Trinajstić information content (AvgIpc) is 2.92. The van der Waals surface area contributed by atoms with Crippen LogP contribution in [0.25, 0.3) is 0 Å². The molecule has 0 saturated heterocycles. The molecule has 0 bridgehead atoms. The smallest absolute Gasteiger partial charge is 0.178 e. The van der Waals surface area contributed by atoms with Crippen molar-refractivity contribution >= 4 is 6.21 Å².